The number of nitrogen functional groups attached to an aromatic ring is 1. The molecule has 0 saturated carbocycles. The van der Waals surface area contributed by atoms with Crippen molar-refractivity contribution in [3.8, 4) is 17.2 Å². The Bertz CT molecular complexity index is 615. The highest BCUT2D eigenvalue weighted by Gasteiger charge is 2.08. The third-order valence-corrected chi connectivity index (χ3v) is 2.47. The van der Waals surface area contributed by atoms with Crippen molar-refractivity contribution in [3.63, 3.8) is 0 Å². The second kappa shape index (κ2) is 5.77. The van der Waals surface area contributed by atoms with Crippen LogP contribution in [0, 0.1) is 11.6 Å². The van der Waals surface area contributed by atoms with Gasteiger partial charge in [-0.15, -0.1) is 0 Å². The Morgan fingerprint density at radius 3 is 2.25 bits per heavy atom. The quantitative estimate of drug-likeness (QED) is 0.856. The van der Waals surface area contributed by atoms with Gasteiger partial charge in [-0.1, -0.05) is 0 Å². The van der Waals surface area contributed by atoms with Crippen LogP contribution in [-0.2, 0) is 0 Å². The molecule has 0 radical (unpaired) electrons. The zero-order chi connectivity index (χ0) is 14.7. The molecule has 5 heteroatoms. The number of benzene rings is 2. The van der Waals surface area contributed by atoms with Crippen molar-refractivity contribution in [1.29, 1.82) is 0 Å². The highest BCUT2D eigenvalue weighted by Crippen LogP contribution is 2.31. The van der Waals surface area contributed by atoms with Crippen molar-refractivity contribution >= 4 is 5.69 Å². The maximum Gasteiger partial charge on any atom is 0.162 e. The van der Waals surface area contributed by atoms with E-state index in [9.17, 15) is 8.78 Å². The number of halogens is 2. The molecule has 0 unspecified atom stereocenters. The second-order valence-corrected chi connectivity index (χ2v) is 4.54. The van der Waals surface area contributed by atoms with Gasteiger partial charge in [0.15, 0.2) is 11.6 Å². The molecule has 0 aliphatic heterocycles. The van der Waals surface area contributed by atoms with E-state index < -0.39 is 11.6 Å². The number of hydrogen-bond acceptors (Lipinski definition) is 3. The van der Waals surface area contributed by atoms with E-state index in [2.05, 4.69) is 0 Å². The molecule has 0 heterocycles. The minimum absolute atomic E-state index is 0.0317. The molecule has 2 aromatic carbocycles. The number of ether oxygens (including phenoxy) is 2. The van der Waals surface area contributed by atoms with Crippen LogP contribution in [0.1, 0.15) is 13.8 Å². The maximum absolute atomic E-state index is 13.1. The van der Waals surface area contributed by atoms with E-state index in [0.29, 0.717) is 17.2 Å². The first-order chi connectivity index (χ1) is 9.45. The zero-order valence-corrected chi connectivity index (χ0v) is 11.2. The molecule has 0 aromatic heterocycles. The molecule has 2 aromatic rings. The van der Waals surface area contributed by atoms with Crippen LogP contribution in [0.2, 0.25) is 0 Å². The lowest BCUT2D eigenvalue weighted by Crippen LogP contribution is -2.07. The standard InChI is InChI=1S/C15H15F2NO2/c1-9(2)19-15-8-11(4-6-14(15)18)20-10-3-5-12(16)13(17)7-10/h3-9H,18H2,1-2H3. The van der Waals surface area contributed by atoms with Gasteiger partial charge >= 0.3 is 0 Å². The fourth-order valence-electron chi connectivity index (χ4n) is 1.61. The summed E-state index contributed by atoms with van der Waals surface area (Å²) in [7, 11) is 0. The van der Waals surface area contributed by atoms with E-state index in [0.717, 1.165) is 12.1 Å². The average molecular weight is 279 g/mol. The Kier molecular flexibility index (Phi) is 4.08. The molecule has 2 rings (SSSR count). The van der Waals surface area contributed by atoms with Crippen molar-refractivity contribution in [2.75, 3.05) is 5.73 Å². The van der Waals surface area contributed by atoms with Crippen LogP contribution in [0.4, 0.5) is 14.5 Å². The summed E-state index contributed by atoms with van der Waals surface area (Å²) in [6.07, 6.45) is -0.0317. The Morgan fingerprint density at radius 1 is 0.950 bits per heavy atom. The monoisotopic (exact) mass is 279 g/mol. The molecule has 0 fully saturated rings. The molecular weight excluding hydrogens is 264 g/mol. The van der Waals surface area contributed by atoms with Crippen LogP contribution in [0.25, 0.3) is 0 Å². The Hall–Kier alpha value is -2.30. The van der Waals surface area contributed by atoms with Crippen LogP contribution in [0.3, 0.4) is 0 Å². The van der Waals surface area contributed by atoms with Crippen LogP contribution in [0.5, 0.6) is 17.2 Å². The van der Waals surface area contributed by atoms with Gasteiger partial charge in [-0.25, -0.2) is 8.78 Å². The van der Waals surface area contributed by atoms with Crippen LogP contribution in [-0.4, -0.2) is 6.10 Å². The minimum atomic E-state index is -0.961. The number of rotatable bonds is 4. The van der Waals surface area contributed by atoms with Gasteiger partial charge in [-0.2, -0.15) is 0 Å². The Balaban J connectivity index is 2.22. The molecule has 2 N–H and O–H groups in total. The van der Waals surface area contributed by atoms with Gasteiger partial charge in [0.2, 0.25) is 0 Å². The van der Waals surface area contributed by atoms with Gasteiger partial charge in [0.25, 0.3) is 0 Å². The summed E-state index contributed by atoms with van der Waals surface area (Å²) in [5, 5.41) is 0. The second-order valence-electron chi connectivity index (χ2n) is 4.54. The van der Waals surface area contributed by atoms with Crippen molar-refractivity contribution in [1.82, 2.24) is 0 Å². The molecule has 0 bridgehead atoms. The summed E-state index contributed by atoms with van der Waals surface area (Å²) in [4.78, 5) is 0. The SMILES string of the molecule is CC(C)Oc1cc(Oc2ccc(F)c(F)c2)ccc1N. The van der Waals surface area contributed by atoms with E-state index in [1.807, 2.05) is 13.8 Å². The molecule has 0 atom stereocenters. The first kappa shape index (κ1) is 14.1. The van der Waals surface area contributed by atoms with E-state index >= 15 is 0 Å². The molecule has 0 aliphatic rings. The van der Waals surface area contributed by atoms with Crippen molar-refractivity contribution < 1.29 is 18.3 Å². The summed E-state index contributed by atoms with van der Waals surface area (Å²) in [5.74, 6) is -0.764. The average Bonchev–Trinajstić information content (AvgIpc) is 2.37. The molecule has 3 nitrogen and oxygen atoms in total. The van der Waals surface area contributed by atoms with E-state index in [4.69, 9.17) is 15.2 Å². The molecular formula is C15H15F2NO2. The summed E-state index contributed by atoms with van der Waals surface area (Å²) in [6.45, 7) is 3.75. The van der Waals surface area contributed by atoms with Gasteiger partial charge in [-0.05, 0) is 38.1 Å². The lowest BCUT2D eigenvalue weighted by atomic mass is 10.2. The van der Waals surface area contributed by atoms with Gasteiger partial charge < -0.3 is 15.2 Å². The van der Waals surface area contributed by atoms with Crippen molar-refractivity contribution in [3.05, 3.63) is 48.0 Å². The largest absolute Gasteiger partial charge is 0.489 e. The topological polar surface area (TPSA) is 44.5 Å². The third-order valence-electron chi connectivity index (χ3n) is 2.47. The Morgan fingerprint density at radius 2 is 1.60 bits per heavy atom. The van der Waals surface area contributed by atoms with Gasteiger partial charge in [0.05, 0.1) is 11.8 Å². The molecule has 0 amide bonds. The third kappa shape index (κ3) is 3.38. The predicted molar refractivity (Wildman–Crippen MR) is 73.1 cm³/mol. The summed E-state index contributed by atoms with van der Waals surface area (Å²) >= 11 is 0. The fourth-order valence-corrected chi connectivity index (χ4v) is 1.61. The molecule has 106 valence electrons. The van der Waals surface area contributed by atoms with Crippen LogP contribution in [0.15, 0.2) is 36.4 Å². The van der Waals surface area contributed by atoms with Crippen molar-refractivity contribution in [2.24, 2.45) is 0 Å². The zero-order valence-electron chi connectivity index (χ0n) is 11.2. The van der Waals surface area contributed by atoms with E-state index in [1.165, 1.54) is 6.07 Å². The number of hydrogen-bond donors (Lipinski definition) is 1. The lowest BCUT2D eigenvalue weighted by molar-refractivity contribution is 0.243. The summed E-state index contributed by atoms with van der Waals surface area (Å²) in [6, 6.07) is 8.20. The van der Waals surface area contributed by atoms with E-state index in [-0.39, 0.29) is 11.9 Å². The van der Waals surface area contributed by atoms with Gasteiger partial charge in [-0.3, -0.25) is 0 Å². The lowest BCUT2D eigenvalue weighted by Gasteiger charge is -2.14. The van der Waals surface area contributed by atoms with Crippen LogP contribution >= 0.6 is 0 Å². The first-order valence-electron chi connectivity index (χ1n) is 6.15. The van der Waals surface area contributed by atoms with Crippen LogP contribution < -0.4 is 15.2 Å². The highest BCUT2D eigenvalue weighted by atomic mass is 19.2. The molecule has 0 aliphatic carbocycles. The Labute approximate surface area is 115 Å². The summed E-state index contributed by atoms with van der Waals surface area (Å²) < 4.78 is 36.9. The highest BCUT2D eigenvalue weighted by molar-refractivity contribution is 5.56. The van der Waals surface area contributed by atoms with Crippen molar-refractivity contribution in [2.45, 2.75) is 20.0 Å². The predicted octanol–water partition coefficient (Wildman–Crippen LogP) is 4.13. The molecule has 0 spiro atoms. The molecule has 20 heavy (non-hydrogen) atoms. The number of anilines is 1. The minimum Gasteiger partial charge on any atom is -0.489 e. The summed E-state index contributed by atoms with van der Waals surface area (Å²) in [5.41, 5.74) is 6.27. The fraction of sp³-hybridized carbons (Fsp3) is 0.200. The first-order valence-corrected chi connectivity index (χ1v) is 6.15. The molecule has 0 saturated heterocycles. The maximum atomic E-state index is 13.1. The van der Waals surface area contributed by atoms with Gasteiger partial charge in [0.1, 0.15) is 17.2 Å². The van der Waals surface area contributed by atoms with E-state index in [1.54, 1.807) is 18.2 Å². The smallest absolute Gasteiger partial charge is 0.162 e. The van der Waals surface area contributed by atoms with Gasteiger partial charge in [0, 0.05) is 12.1 Å². The number of nitrogens with two attached hydrogens (primary N) is 1. The normalized spacial score (nSPS) is 10.7.